The average molecular weight is 456 g/mol. The molecule has 0 aliphatic rings. The minimum atomic E-state index is -3.39. The molecule has 0 atom stereocenters. The number of amides is 3. The maximum absolute atomic E-state index is 13.9. The van der Waals surface area contributed by atoms with Gasteiger partial charge in [0.05, 0.1) is 53.0 Å². The number of hydrogen-bond acceptors (Lipinski definition) is 6. The smallest absolute Gasteiger partial charge is 0.312 e. The van der Waals surface area contributed by atoms with Crippen LogP contribution in [0.5, 0.6) is 0 Å². The van der Waals surface area contributed by atoms with E-state index in [2.05, 4.69) is 20.7 Å². The number of aromatic nitrogens is 3. The second-order valence-electron chi connectivity index (χ2n) is 7.58. The van der Waals surface area contributed by atoms with Gasteiger partial charge in [0.2, 0.25) is 0 Å². The Kier molecular flexibility index (Phi) is 6.72. The van der Waals surface area contributed by atoms with Crippen LogP contribution in [0.25, 0.3) is 16.9 Å². The van der Waals surface area contributed by atoms with Crippen LogP contribution in [0.2, 0.25) is 0 Å². The number of primary amides is 1. The molecular formula is C21H22F2N8O2. The number of nitriles is 1. The van der Waals surface area contributed by atoms with Crippen LogP contribution in [-0.2, 0) is 0 Å². The lowest BCUT2D eigenvalue weighted by molar-refractivity contribution is 0.00623. The Morgan fingerprint density at radius 2 is 1.94 bits per heavy atom. The molecule has 0 fully saturated rings. The molecule has 172 valence electrons. The predicted octanol–water partition coefficient (Wildman–Crippen LogP) is 2.12. The monoisotopic (exact) mass is 456 g/mol. The van der Waals surface area contributed by atoms with Gasteiger partial charge in [0.25, 0.3) is 11.8 Å². The molecule has 3 heterocycles. The zero-order chi connectivity index (χ0) is 24.2. The summed E-state index contributed by atoms with van der Waals surface area (Å²) in [6, 6.07) is 7.75. The summed E-state index contributed by atoms with van der Waals surface area (Å²) in [6.07, 6.45) is 2.72. The van der Waals surface area contributed by atoms with Crippen molar-refractivity contribution in [1.29, 1.82) is 5.26 Å². The van der Waals surface area contributed by atoms with Crippen molar-refractivity contribution in [1.82, 2.24) is 25.2 Å². The molecule has 0 aliphatic carbocycles. The number of nitrogens with one attached hydrogen (secondary N) is 3. The summed E-state index contributed by atoms with van der Waals surface area (Å²) in [5.41, 5.74) is 7.50. The summed E-state index contributed by atoms with van der Waals surface area (Å²) in [5, 5.41) is 20.4. The van der Waals surface area contributed by atoms with E-state index in [1.807, 2.05) is 25.2 Å². The Hall–Kier alpha value is -4.27. The van der Waals surface area contributed by atoms with E-state index in [1.54, 1.807) is 28.8 Å². The van der Waals surface area contributed by atoms with E-state index in [9.17, 15) is 18.4 Å². The van der Waals surface area contributed by atoms with E-state index in [0.29, 0.717) is 28.2 Å². The van der Waals surface area contributed by atoms with Crippen LogP contribution in [-0.4, -0.2) is 51.6 Å². The molecule has 0 aromatic carbocycles. The first kappa shape index (κ1) is 23.4. The van der Waals surface area contributed by atoms with Gasteiger partial charge in [-0.2, -0.15) is 10.4 Å². The van der Waals surface area contributed by atoms with Crippen molar-refractivity contribution in [3.8, 4) is 17.5 Å². The number of pyridine rings is 1. The largest absolute Gasteiger partial charge is 0.382 e. The molecule has 3 aromatic rings. The second kappa shape index (κ2) is 9.47. The molecule has 10 nitrogen and oxygen atoms in total. The molecule has 5 N–H and O–H groups in total. The normalized spacial score (nSPS) is 11.3. The van der Waals surface area contributed by atoms with Gasteiger partial charge < -0.3 is 21.7 Å². The molecule has 0 saturated carbocycles. The summed E-state index contributed by atoms with van der Waals surface area (Å²) in [5.74, 6) is -4.14. The first-order valence-electron chi connectivity index (χ1n) is 9.94. The van der Waals surface area contributed by atoms with E-state index in [0.717, 1.165) is 0 Å². The number of halogens is 2. The standard InChI is InChI=1S/C21H22F2N8O2/c1-12(2)30-16-6-17(18-4-3-14-5-13(7-24)8-29-31(14)18)26-9-15(16)19(32)27-10-21(22,23)11-28-20(25)33/h3-6,8-9,12H,10-11H2,1-2H3,(H,26,30)(H,27,32)(H3,25,28,33). The van der Waals surface area contributed by atoms with E-state index in [4.69, 9.17) is 11.0 Å². The van der Waals surface area contributed by atoms with Gasteiger partial charge in [-0.25, -0.2) is 18.1 Å². The van der Waals surface area contributed by atoms with Gasteiger partial charge in [-0.1, -0.05) is 0 Å². The summed E-state index contributed by atoms with van der Waals surface area (Å²) in [4.78, 5) is 27.6. The van der Waals surface area contributed by atoms with Crippen LogP contribution in [0.1, 0.15) is 29.8 Å². The van der Waals surface area contributed by atoms with Crippen LogP contribution >= 0.6 is 0 Å². The average Bonchev–Trinajstić information content (AvgIpc) is 3.19. The number of urea groups is 1. The van der Waals surface area contributed by atoms with Gasteiger partial charge in [0.15, 0.2) is 0 Å². The molecule has 3 rings (SSSR count). The van der Waals surface area contributed by atoms with Crippen LogP contribution < -0.4 is 21.7 Å². The molecule has 3 aromatic heterocycles. The number of rotatable bonds is 8. The zero-order valence-electron chi connectivity index (χ0n) is 17.9. The molecule has 3 amide bonds. The van der Waals surface area contributed by atoms with Crippen LogP contribution in [0.3, 0.4) is 0 Å². The Morgan fingerprint density at radius 1 is 1.21 bits per heavy atom. The van der Waals surface area contributed by atoms with Gasteiger partial charge in [-0.15, -0.1) is 0 Å². The molecule has 0 bridgehead atoms. The Labute approximate surface area is 187 Å². The number of alkyl halides is 2. The Morgan fingerprint density at radius 3 is 2.61 bits per heavy atom. The number of nitrogens with two attached hydrogens (primary N) is 1. The lowest BCUT2D eigenvalue weighted by Gasteiger charge is -2.19. The first-order valence-corrected chi connectivity index (χ1v) is 9.94. The SMILES string of the molecule is CC(C)Nc1cc(-c2ccc3cc(C#N)cnn23)ncc1C(=O)NCC(F)(F)CNC(N)=O. The van der Waals surface area contributed by atoms with Crippen molar-refractivity contribution < 1.29 is 18.4 Å². The lowest BCUT2D eigenvalue weighted by Crippen LogP contribution is -2.46. The fraction of sp³-hybridized carbons (Fsp3) is 0.286. The molecule has 0 spiro atoms. The van der Waals surface area contributed by atoms with Crippen LogP contribution in [0.15, 0.2) is 36.7 Å². The highest BCUT2D eigenvalue weighted by atomic mass is 19.3. The van der Waals surface area contributed by atoms with E-state index < -0.39 is 31.0 Å². The highest BCUT2D eigenvalue weighted by Gasteiger charge is 2.30. The molecule has 33 heavy (non-hydrogen) atoms. The number of anilines is 1. The number of carbonyl (C=O) groups excluding carboxylic acids is 2. The van der Waals surface area contributed by atoms with Crippen LogP contribution in [0, 0.1) is 11.3 Å². The maximum atomic E-state index is 13.9. The van der Waals surface area contributed by atoms with Gasteiger partial charge in [-0.3, -0.25) is 9.78 Å². The third kappa shape index (κ3) is 5.70. The summed E-state index contributed by atoms with van der Waals surface area (Å²) < 4.78 is 29.4. The van der Waals surface area contributed by atoms with Crippen molar-refractivity contribution in [2.45, 2.75) is 25.8 Å². The van der Waals surface area contributed by atoms with Gasteiger partial charge >= 0.3 is 6.03 Å². The van der Waals surface area contributed by atoms with Crippen LogP contribution in [0.4, 0.5) is 19.3 Å². The van der Waals surface area contributed by atoms with E-state index in [1.165, 1.54) is 12.4 Å². The quantitative estimate of drug-likeness (QED) is 0.408. The first-order chi connectivity index (χ1) is 15.6. The number of carbonyl (C=O) groups is 2. The minimum absolute atomic E-state index is 0.0617. The second-order valence-corrected chi connectivity index (χ2v) is 7.58. The summed E-state index contributed by atoms with van der Waals surface area (Å²) in [6.45, 7) is 1.73. The third-order valence-electron chi connectivity index (χ3n) is 4.51. The number of hydrogen-bond donors (Lipinski definition) is 4. The van der Waals surface area contributed by atoms with Gasteiger partial charge in [0, 0.05) is 12.2 Å². The number of fused-ring (bicyclic) bond motifs is 1. The zero-order valence-corrected chi connectivity index (χ0v) is 17.9. The van der Waals surface area contributed by atoms with E-state index >= 15 is 0 Å². The van der Waals surface area contributed by atoms with Crippen molar-refractivity contribution in [2.75, 3.05) is 18.4 Å². The topological polar surface area (TPSA) is 150 Å². The lowest BCUT2D eigenvalue weighted by atomic mass is 10.1. The Balaban J connectivity index is 1.87. The fourth-order valence-electron chi connectivity index (χ4n) is 3.04. The molecular weight excluding hydrogens is 434 g/mol. The molecule has 0 saturated heterocycles. The molecule has 0 radical (unpaired) electrons. The van der Waals surface area contributed by atoms with Crippen molar-refractivity contribution in [3.63, 3.8) is 0 Å². The maximum Gasteiger partial charge on any atom is 0.312 e. The van der Waals surface area contributed by atoms with Crippen molar-refractivity contribution in [2.24, 2.45) is 5.73 Å². The number of nitrogens with zero attached hydrogens (tertiary/aromatic N) is 4. The predicted molar refractivity (Wildman–Crippen MR) is 117 cm³/mol. The summed E-state index contributed by atoms with van der Waals surface area (Å²) in [7, 11) is 0. The Bertz CT molecular complexity index is 1230. The van der Waals surface area contributed by atoms with Crippen molar-refractivity contribution >= 4 is 23.1 Å². The third-order valence-corrected chi connectivity index (χ3v) is 4.51. The van der Waals surface area contributed by atoms with E-state index in [-0.39, 0.29) is 11.6 Å². The molecule has 0 unspecified atom stereocenters. The molecule has 0 aliphatic heterocycles. The molecule has 12 heteroatoms. The highest BCUT2D eigenvalue weighted by molar-refractivity contribution is 6.00. The fourth-order valence-corrected chi connectivity index (χ4v) is 3.04. The van der Waals surface area contributed by atoms with Crippen molar-refractivity contribution in [3.05, 3.63) is 47.8 Å². The van der Waals surface area contributed by atoms with Gasteiger partial charge in [0.1, 0.15) is 6.07 Å². The summed E-state index contributed by atoms with van der Waals surface area (Å²) >= 11 is 0. The van der Waals surface area contributed by atoms with Gasteiger partial charge in [-0.05, 0) is 38.1 Å². The highest BCUT2D eigenvalue weighted by Crippen LogP contribution is 2.26. The minimum Gasteiger partial charge on any atom is -0.382 e.